The third-order valence-corrected chi connectivity index (χ3v) is 4.64. The summed E-state index contributed by atoms with van der Waals surface area (Å²) in [6, 6.07) is 16.7. The maximum absolute atomic E-state index is 12.6. The SMILES string of the molecule is CC(C(=O)N[C@@H]1c2ccccc2C[C@@H]1O)C(N)c1ccccc1. The van der Waals surface area contributed by atoms with Crippen LogP contribution in [0.2, 0.25) is 0 Å². The van der Waals surface area contributed by atoms with Gasteiger partial charge in [-0.3, -0.25) is 4.79 Å². The van der Waals surface area contributed by atoms with Gasteiger partial charge in [-0.05, 0) is 16.7 Å². The Morgan fingerprint density at radius 3 is 2.57 bits per heavy atom. The number of hydrogen-bond donors (Lipinski definition) is 3. The largest absolute Gasteiger partial charge is 0.390 e. The minimum absolute atomic E-state index is 0.137. The lowest BCUT2D eigenvalue weighted by molar-refractivity contribution is -0.126. The lowest BCUT2D eigenvalue weighted by Gasteiger charge is -2.24. The summed E-state index contributed by atoms with van der Waals surface area (Å²) in [5, 5.41) is 13.2. The molecule has 4 N–H and O–H groups in total. The fourth-order valence-electron chi connectivity index (χ4n) is 3.16. The lowest BCUT2D eigenvalue weighted by Crippen LogP contribution is -2.40. The topological polar surface area (TPSA) is 75.3 Å². The number of aliphatic hydroxyl groups is 1. The van der Waals surface area contributed by atoms with E-state index in [1.807, 2.05) is 61.5 Å². The van der Waals surface area contributed by atoms with E-state index in [0.29, 0.717) is 6.42 Å². The third kappa shape index (κ3) is 3.14. The highest BCUT2D eigenvalue weighted by molar-refractivity contribution is 5.80. The Hall–Kier alpha value is -2.17. The Bertz CT molecular complexity index is 687. The van der Waals surface area contributed by atoms with Crippen molar-refractivity contribution >= 4 is 5.91 Å². The first-order chi connectivity index (χ1) is 11.1. The van der Waals surface area contributed by atoms with E-state index in [9.17, 15) is 9.90 Å². The van der Waals surface area contributed by atoms with Crippen LogP contribution in [-0.4, -0.2) is 17.1 Å². The summed E-state index contributed by atoms with van der Waals surface area (Å²) in [6.45, 7) is 1.82. The van der Waals surface area contributed by atoms with Crippen LogP contribution in [0.3, 0.4) is 0 Å². The van der Waals surface area contributed by atoms with Crippen LogP contribution < -0.4 is 11.1 Å². The van der Waals surface area contributed by atoms with Gasteiger partial charge in [-0.1, -0.05) is 61.5 Å². The Labute approximate surface area is 136 Å². The molecule has 2 unspecified atom stereocenters. The molecule has 2 aromatic rings. The van der Waals surface area contributed by atoms with Gasteiger partial charge in [0.05, 0.1) is 18.1 Å². The zero-order chi connectivity index (χ0) is 16.4. The molecule has 1 amide bonds. The van der Waals surface area contributed by atoms with Crippen molar-refractivity contribution in [3.05, 3.63) is 71.3 Å². The predicted molar refractivity (Wildman–Crippen MR) is 89.6 cm³/mol. The number of nitrogens with one attached hydrogen (secondary N) is 1. The average molecular weight is 310 g/mol. The molecule has 0 fully saturated rings. The monoisotopic (exact) mass is 310 g/mol. The van der Waals surface area contributed by atoms with Crippen molar-refractivity contribution in [1.82, 2.24) is 5.32 Å². The molecule has 4 nitrogen and oxygen atoms in total. The van der Waals surface area contributed by atoms with Crippen molar-refractivity contribution in [2.75, 3.05) is 0 Å². The summed E-state index contributed by atoms with van der Waals surface area (Å²) in [6.07, 6.45) is -0.0169. The van der Waals surface area contributed by atoms with E-state index >= 15 is 0 Å². The molecule has 3 rings (SSSR count). The molecule has 120 valence electrons. The summed E-state index contributed by atoms with van der Waals surface area (Å²) in [5.74, 6) is -0.514. The van der Waals surface area contributed by atoms with Gasteiger partial charge in [0.15, 0.2) is 0 Å². The second-order valence-corrected chi connectivity index (χ2v) is 6.18. The van der Waals surface area contributed by atoms with Crippen molar-refractivity contribution < 1.29 is 9.90 Å². The minimum Gasteiger partial charge on any atom is -0.390 e. The average Bonchev–Trinajstić information content (AvgIpc) is 2.90. The number of aliphatic hydroxyl groups excluding tert-OH is 1. The fraction of sp³-hybridized carbons (Fsp3) is 0.316. The smallest absolute Gasteiger partial charge is 0.225 e. The Morgan fingerprint density at radius 1 is 1.17 bits per heavy atom. The fourth-order valence-corrected chi connectivity index (χ4v) is 3.16. The first kappa shape index (κ1) is 15.7. The molecule has 2 aromatic carbocycles. The van der Waals surface area contributed by atoms with Gasteiger partial charge in [0.25, 0.3) is 0 Å². The number of hydrogen-bond acceptors (Lipinski definition) is 3. The highest BCUT2D eigenvalue weighted by Gasteiger charge is 2.33. The Morgan fingerprint density at radius 2 is 1.83 bits per heavy atom. The second kappa shape index (κ2) is 6.52. The first-order valence-corrected chi connectivity index (χ1v) is 7.94. The third-order valence-electron chi connectivity index (χ3n) is 4.64. The highest BCUT2D eigenvalue weighted by Crippen LogP contribution is 2.32. The number of fused-ring (bicyclic) bond motifs is 1. The van der Waals surface area contributed by atoms with Crippen LogP contribution in [-0.2, 0) is 11.2 Å². The summed E-state index contributed by atoms with van der Waals surface area (Å²) < 4.78 is 0. The minimum atomic E-state index is -0.587. The zero-order valence-corrected chi connectivity index (χ0v) is 13.1. The van der Waals surface area contributed by atoms with Crippen LogP contribution >= 0.6 is 0 Å². The molecule has 4 atom stereocenters. The molecule has 0 spiro atoms. The van der Waals surface area contributed by atoms with Crippen LogP contribution in [0.5, 0.6) is 0 Å². The van der Waals surface area contributed by atoms with Crippen molar-refractivity contribution in [3.63, 3.8) is 0 Å². The molecule has 0 aromatic heterocycles. The van der Waals surface area contributed by atoms with Gasteiger partial charge in [-0.15, -0.1) is 0 Å². The number of nitrogens with two attached hydrogens (primary N) is 1. The molecule has 0 bridgehead atoms. The number of amides is 1. The maximum Gasteiger partial charge on any atom is 0.225 e. The molecular weight excluding hydrogens is 288 g/mol. The normalized spacial score (nSPS) is 22.2. The van der Waals surface area contributed by atoms with Crippen LogP contribution in [0.1, 0.15) is 35.7 Å². The van der Waals surface area contributed by atoms with E-state index in [0.717, 1.165) is 16.7 Å². The van der Waals surface area contributed by atoms with Gasteiger partial charge in [0, 0.05) is 12.5 Å². The van der Waals surface area contributed by atoms with Crippen molar-refractivity contribution in [1.29, 1.82) is 0 Å². The molecule has 0 aliphatic heterocycles. The molecule has 1 aliphatic carbocycles. The molecule has 1 aliphatic rings. The van der Waals surface area contributed by atoms with Crippen LogP contribution in [0, 0.1) is 5.92 Å². The highest BCUT2D eigenvalue weighted by atomic mass is 16.3. The molecule has 4 heteroatoms. The van der Waals surface area contributed by atoms with E-state index in [1.165, 1.54) is 0 Å². The van der Waals surface area contributed by atoms with E-state index in [1.54, 1.807) is 0 Å². The number of carbonyl (C=O) groups excluding carboxylic acids is 1. The van der Waals surface area contributed by atoms with Gasteiger partial charge in [0.1, 0.15) is 0 Å². The van der Waals surface area contributed by atoms with E-state index in [2.05, 4.69) is 5.32 Å². The number of carbonyl (C=O) groups is 1. The van der Waals surface area contributed by atoms with Gasteiger partial charge in [-0.2, -0.15) is 0 Å². The Balaban J connectivity index is 1.72. The molecule has 0 radical (unpaired) electrons. The van der Waals surface area contributed by atoms with Crippen molar-refractivity contribution in [2.24, 2.45) is 11.7 Å². The van der Waals surface area contributed by atoms with Crippen molar-refractivity contribution in [2.45, 2.75) is 31.5 Å². The molecular formula is C19H22N2O2. The summed E-state index contributed by atoms with van der Waals surface area (Å²) in [7, 11) is 0. The molecule has 0 heterocycles. The summed E-state index contributed by atoms with van der Waals surface area (Å²) in [4.78, 5) is 12.6. The first-order valence-electron chi connectivity index (χ1n) is 7.94. The predicted octanol–water partition coefficient (Wildman–Crippen LogP) is 2.10. The molecule has 0 saturated heterocycles. The van der Waals surface area contributed by atoms with E-state index < -0.39 is 6.10 Å². The summed E-state index contributed by atoms with van der Waals surface area (Å²) in [5.41, 5.74) is 9.24. The maximum atomic E-state index is 12.6. The van der Waals surface area contributed by atoms with Gasteiger partial charge >= 0.3 is 0 Å². The molecule has 23 heavy (non-hydrogen) atoms. The second-order valence-electron chi connectivity index (χ2n) is 6.18. The lowest BCUT2D eigenvalue weighted by atomic mass is 9.94. The van der Waals surface area contributed by atoms with Gasteiger partial charge < -0.3 is 16.2 Å². The van der Waals surface area contributed by atoms with Gasteiger partial charge in [0.2, 0.25) is 5.91 Å². The standard InChI is InChI=1S/C19H22N2O2/c1-12(17(20)13-7-3-2-4-8-13)19(23)21-18-15-10-6-5-9-14(15)11-16(18)22/h2-10,12,16-18,22H,11,20H2,1H3,(H,21,23)/t12?,16-,17?,18+/m0/s1. The Kier molecular flexibility index (Phi) is 4.46. The van der Waals surface area contributed by atoms with Crippen molar-refractivity contribution in [3.8, 4) is 0 Å². The molecule has 0 saturated carbocycles. The summed E-state index contributed by atoms with van der Waals surface area (Å²) >= 11 is 0. The quantitative estimate of drug-likeness (QED) is 0.809. The number of rotatable bonds is 4. The number of benzene rings is 2. The van der Waals surface area contributed by atoms with E-state index in [4.69, 9.17) is 5.73 Å². The van der Waals surface area contributed by atoms with Crippen LogP contribution in [0.4, 0.5) is 0 Å². The van der Waals surface area contributed by atoms with Gasteiger partial charge in [-0.25, -0.2) is 0 Å². The van der Waals surface area contributed by atoms with E-state index in [-0.39, 0.29) is 23.9 Å². The van der Waals surface area contributed by atoms with Crippen LogP contribution in [0.15, 0.2) is 54.6 Å². The van der Waals surface area contributed by atoms with Crippen LogP contribution in [0.25, 0.3) is 0 Å². The zero-order valence-electron chi connectivity index (χ0n) is 13.1.